The molecule has 0 radical (unpaired) electrons. The topological polar surface area (TPSA) is 179 Å². The van der Waals surface area contributed by atoms with Gasteiger partial charge in [0.15, 0.2) is 18.3 Å². The van der Waals surface area contributed by atoms with Crippen LogP contribution in [0.25, 0.3) is 11.1 Å². The van der Waals surface area contributed by atoms with E-state index in [-0.39, 0.29) is 35.7 Å². The molecule has 3 N–H and O–H groups in total. The number of alkyl carbamates (subject to hydrolysis) is 1. The second-order valence-electron chi connectivity index (χ2n) is 18.0. The van der Waals surface area contributed by atoms with Crippen LogP contribution in [-0.2, 0) is 25.5 Å². The summed E-state index contributed by atoms with van der Waals surface area (Å²) in [5, 5.41) is 21.0. The number of likely N-dealkylation sites (tertiary alicyclic amines) is 1. The van der Waals surface area contributed by atoms with Gasteiger partial charge in [0.1, 0.15) is 11.4 Å². The quantitative estimate of drug-likeness (QED) is 0.134. The molecule has 0 unspecified atom stereocenters. The van der Waals surface area contributed by atoms with Crippen molar-refractivity contribution >= 4 is 41.1 Å². The molecule has 2 amide bonds. The Morgan fingerprint density at radius 3 is 2.05 bits per heavy atom. The number of halogens is 3. The van der Waals surface area contributed by atoms with Crippen LogP contribution >= 0.6 is 0 Å². The van der Waals surface area contributed by atoms with Crippen molar-refractivity contribution in [1.82, 2.24) is 10.2 Å². The lowest BCUT2D eigenvalue weighted by molar-refractivity contribution is -0.192. The van der Waals surface area contributed by atoms with Gasteiger partial charge in [-0.25, -0.2) is 14.6 Å². The summed E-state index contributed by atoms with van der Waals surface area (Å²) < 4.78 is 37.1. The van der Waals surface area contributed by atoms with Gasteiger partial charge in [0.2, 0.25) is 5.91 Å². The summed E-state index contributed by atoms with van der Waals surface area (Å²) in [6, 6.07) is 21.5. The number of amidine groups is 1. The number of carbonyl (C=O) groups excluding carboxylic acids is 4. The number of amides is 2. The number of anilines is 1. The number of carboxylic acids is 1. The normalized spacial score (nSPS) is 18.5. The number of azo groups is 1. The van der Waals surface area contributed by atoms with E-state index in [1.54, 1.807) is 0 Å². The minimum absolute atomic E-state index is 0.103. The third-order valence-corrected chi connectivity index (χ3v) is 11.8. The molecule has 0 spiro atoms. The Labute approximate surface area is 372 Å². The molecule has 3 aromatic rings. The fourth-order valence-electron chi connectivity index (χ4n) is 8.13. The second-order valence-corrected chi connectivity index (χ2v) is 18.0. The van der Waals surface area contributed by atoms with Crippen LogP contribution in [-0.4, -0.2) is 90.5 Å². The highest BCUT2D eigenvalue weighted by atomic mass is 19.4. The molecule has 1 saturated carbocycles. The standard InChI is InChI=1S/C46H58N6O5.C2HF3O2/c1-30-24-37(41(53)26-32-20-22-52(5)23-21-32)16-19-40(30)34-10-6-31(7-11-34)25-38(44(55)50-39-17-14-36(15-18-39)43-48-29-49-51-43)27-42(54)35-12-8-33(9-13-35)28-47-45(56)57-46(2,3)4;3-2(4,5)1(6)7/h6-7,10-11,14-19,24,32-33,35,38H,8-9,12-13,20-23,25-29H2,1-5H3,(H,47,56)(H,50,55);(H,6,7)/t33?,35?,38-;/m1./s1. The molecule has 1 aliphatic carbocycles. The third kappa shape index (κ3) is 15.2. The van der Waals surface area contributed by atoms with Gasteiger partial charge in [0.25, 0.3) is 0 Å². The number of aliphatic carboxylic acids is 1. The number of ether oxygens (including phenoxy) is 1. The molecule has 64 heavy (non-hydrogen) atoms. The number of aryl methyl sites for hydroxylation is 1. The summed E-state index contributed by atoms with van der Waals surface area (Å²) in [5.41, 5.74) is 5.77. The minimum Gasteiger partial charge on any atom is -0.475 e. The summed E-state index contributed by atoms with van der Waals surface area (Å²) in [4.78, 5) is 68.6. The Morgan fingerprint density at radius 2 is 1.48 bits per heavy atom. The average molecular weight is 889 g/mol. The van der Waals surface area contributed by atoms with Gasteiger partial charge in [0, 0.05) is 48.0 Å². The van der Waals surface area contributed by atoms with Gasteiger partial charge in [-0.2, -0.15) is 18.3 Å². The van der Waals surface area contributed by atoms with E-state index in [1.165, 1.54) is 0 Å². The van der Waals surface area contributed by atoms with Crippen LogP contribution in [0, 0.1) is 30.6 Å². The van der Waals surface area contributed by atoms with Crippen molar-refractivity contribution in [1.29, 1.82) is 0 Å². The van der Waals surface area contributed by atoms with E-state index < -0.39 is 29.8 Å². The molecule has 2 fully saturated rings. The zero-order valence-electron chi connectivity index (χ0n) is 37.2. The lowest BCUT2D eigenvalue weighted by Crippen LogP contribution is -2.37. The summed E-state index contributed by atoms with van der Waals surface area (Å²) in [6.07, 6.45) is 0.888. The maximum absolute atomic E-state index is 13.9. The number of ketones is 2. The monoisotopic (exact) mass is 888 g/mol. The molecule has 3 aliphatic rings. The van der Waals surface area contributed by atoms with Crippen LogP contribution in [0.2, 0.25) is 0 Å². The molecule has 0 aromatic heterocycles. The molecule has 6 rings (SSSR count). The summed E-state index contributed by atoms with van der Waals surface area (Å²) in [5.74, 6) is -2.04. The van der Waals surface area contributed by atoms with Crippen molar-refractivity contribution in [2.75, 3.05) is 38.7 Å². The Hall–Kier alpha value is -5.77. The summed E-state index contributed by atoms with van der Waals surface area (Å²) >= 11 is 0. The number of aliphatic imine (C=N–C) groups is 1. The first-order valence-corrected chi connectivity index (χ1v) is 21.8. The van der Waals surface area contributed by atoms with Crippen LogP contribution in [0.4, 0.5) is 23.7 Å². The van der Waals surface area contributed by atoms with Gasteiger partial charge >= 0.3 is 18.2 Å². The van der Waals surface area contributed by atoms with Crippen molar-refractivity contribution in [3.63, 3.8) is 0 Å². The highest BCUT2D eigenvalue weighted by molar-refractivity contribution is 6.01. The highest BCUT2D eigenvalue weighted by Crippen LogP contribution is 2.32. The number of alkyl halides is 3. The lowest BCUT2D eigenvalue weighted by atomic mass is 9.77. The Morgan fingerprint density at radius 1 is 0.859 bits per heavy atom. The highest BCUT2D eigenvalue weighted by Gasteiger charge is 2.38. The van der Waals surface area contributed by atoms with Crippen LogP contribution in [0.3, 0.4) is 0 Å². The molecule has 2 heterocycles. The average Bonchev–Trinajstić information content (AvgIpc) is 3.79. The largest absolute Gasteiger partial charge is 0.490 e. The number of nitrogens with zero attached hydrogens (tertiary/aromatic N) is 4. The van der Waals surface area contributed by atoms with Crippen LogP contribution < -0.4 is 10.6 Å². The third-order valence-electron chi connectivity index (χ3n) is 11.8. The predicted molar refractivity (Wildman–Crippen MR) is 237 cm³/mol. The van der Waals surface area contributed by atoms with Crippen molar-refractivity contribution < 1.29 is 47.0 Å². The Bertz CT molecular complexity index is 2170. The number of benzene rings is 3. The molecular formula is C48H59F3N6O7. The van der Waals surface area contributed by atoms with Gasteiger partial charge in [-0.3, -0.25) is 14.4 Å². The first-order valence-electron chi connectivity index (χ1n) is 21.8. The molecule has 3 aromatic carbocycles. The van der Waals surface area contributed by atoms with Crippen molar-refractivity contribution in [2.45, 2.75) is 97.3 Å². The van der Waals surface area contributed by atoms with E-state index in [2.05, 4.69) is 49.9 Å². The molecule has 13 nitrogen and oxygen atoms in total. The molecule has 0 bridgehead atoms. The lowest BCUT2D eigenvalue weighted by Gasteiger charge is -2.29. The van der Waals surface area contributed by atoms with Crippen molar-refractivity contribution in [3.05, 3.63) is 89.0 Å². The number of Topliss-reactive ketones (excluding diaryl/α,β-unsaturated/α-hetero) is 2. The molecule has 16 heteroatoms. The van der Waals surface area contributed by atoms with E-state index in [1.807, 2.05) is 82.3 Å². The first-order chi connectivity index (χ1) is 30.2. The van der Waals surface area contributed by atoms with Crippen molar-refractivity contribution in [3.8, 4) is 11.1 Å². The van der Waals surface area contributed by atoms with E-state index in [0.717, 1.165) is 85.0 Å². The Balaban J connectivity index is 0.00000102. The van der Waals surface area contributed by atoms with Crippen molar-refractivity contribution in [2.24, 2.45) is 38.9 Å². The van der Waals surface area contributed by atoms with E-state index in [9.17, 15) is 32.3 Å². The van der Waals surface area contributed by atoms with Gasteiger partial charge < -0.3 is 25.4 Å². The number of hydrogen-bond acceptors (Lipinski definition) is 10. The number of rotatable bonds is 14. The maximum Gasteiger partial charge on any atom is 0.490 e. The van der Waals surface area contributed by atoms with E-state index >= 15 is 0 Å². The van der Waals surface area contributed by atoms with Crippen LogP contribution in [0.5, 0.6) is 0 Å². The van der Waals surface area contributed by atoms with Gasteiger partial charge in [-0.1, -0.05) is 36.4 Å². The van der Waals surface area contributed by atoms with Gasteiger partial charge in [-0.05, 0) is 157 Å². The fraction of sp³-hybridized carbons (Fsp3) is 0.500. The summed E-state index contributed by atoms with van der Waals surface area (Å²) in [7, 11) is 2.14. The van der Waals surface area contributed by atoms with E-state index in [4.69, 9.17) is 14.6 Å². The zero-order chi connectivity index (χ0) is 46.6. The van der Waals surface area contributed by atoms with Gasteiger partial charge in [-0.15, -0.1) is 5.11 Å². The molecule has 344 valence electrons. The summed E-state index contributed by atoms with van der Waals surface area (Å²) in [6.45, 7) is 10.5. The number of carbonyl (C=O) groups is 5. The predicted octanol–water partition coefficient (Wildman–Crippen LogP) is 9.47. The smallest absolute Gasteiger partial charge is 0.475 e. The SMILES string of the molecule is Cc1cc(C(=O)CC2CCN(C)CC2)ccc1-c1ccc(C[C@H](CC(=O)C2CCC(CNC(=O)OC(C)(C)C)CC2)C(=O)Nc2ccc(C3=NCN=N3)cc2)cc1.O=C(O)C(F)(F)F. The Kier molecular flexibility index (Phi) is 17.1. The molecule has 1 saturated heterocycles. The first kappa shape index (κ1) is 49.2. The number of hydrogen-bond donors (Lipinski definition) is 3. The second kappa shape index (κ2) is 22.2. The molecule has 2 aliphatic heterocycles. The van der Waals surface area contributed by atoms with E-state index in [0.29, 0.717) is 43.5 Å². The molecular weight excluding hydrogens is 830 g/mol. The van der Waals surface area contributed by atoms with Crippen LogP contribution in [0.1, 0.15) is 99.2 Å². The maximum atomic E-state index is 13.9. The minimum atomic E-state index is -5.08. The number of piperidine rings is 1. The molecule has 1 atom stereocenters. The number of nitrogens with one attached hydrogen (secondary N) is 2. The van der Waals surface area contributed by atoms with Crippen LogP contribution in [0.15, 0.2) is 82.0 Å². The zero-order valence-corrected chi connectivity index (χ0v) is 37.2. The van der Waals surface area contributed by atoms with Gasteiger partial charge in [0.05, 0.1) is 0 Å². The number of carboxylic acid groups (broad SMARTS) is 1. The fourth-order valence-corrected chi connectivity index (χ4v) is 8.13.